The zero-order chi connectivity index (χ0) is 14.5. The van der Waals surface area contributed by atoms with Crippen molar-refractivity contribution in [1.29, 1.82) is 0 Å². The molecule has 0 spiro atoms. The summed E-state index contributed by atoms with van der Waals surface area (Å²) >= 11 is 1.62. The highest BCUT2D eigenvalue weighted by molar-refractivity contribution is 7.18. The van der Waals surface area contributed by atoms with Gasteiger partial charge in [-0.1, -0.05) is 31.3 Å². The van der Waals surface area contributed by atoms with Crippen molar-refractivity contribution >= 4 is 16.5 Å². The molecule has 1 aromatic heterocycles. The van der Waals surface area contributed by atoms with Crippen molar-refractivity contribution in [2.75, 3.05) is 26.1 Å². The fraction of sp³-hybridized carbons (Fsp3) is 0.400. The smallest absolute Gasteiger partial charge is 0.183 e. The van der Waals surface area contributed by atoms with Gasteiger partial charge in [-0.3, -0.25) is 0 Å². The Morgan fingerprint density at radius 1 is 1.25 bits per heavy atom. The third-order valence-corrected chi connectivity index (χ3v) is 3.82. The predicted molar refractivity (Wildman–Crippen MR) is 84.0 cm³/mol. The molecular formula is C15H20N2O2S. The number of ether oxygens (including phenoxy) is 2. The van der Waals surface area contributed by atoms with Gasteiger partial charge in [0.25, 0.3) is 0 Å². The molecule has 1 N–H and O–H groups in total. The third kappa shape index (κ3) is 3.22. The highest BCUT2D eigenvalue weighted by Gasteiger charge is 2.13. The molecule has 1 aromatic carbocycles. The van der Waals surface area contributed by atoms with E-state index in [1.54, 1.807) is 25.6 Å². The molecule has 2 aromatic rings. The fourth-order valence-electron chi connectivity index (χ4n) is 1.85. The number of hydrogen-bond acceptors (Lipinski definition) is 5. The second-order valence-corrected chi connectivity index (χ2v) is 5.88. The van der Waals surface area contributed by atoms with Crippen LogP contribution >= 0.6 is 11.3 Å². The SMILES string of the molecule is COc1cccc(-c2cnc(NCC(C)C)s2)c1OC. The van der Waals surface area contributed by atoms with Crippen LogP contribution in [0.1, 0.15) is 13.8 Å². The summed E-state index contributed by atoms with van der Waals surface area (Å²) < 4.78 is 10.8. The lowest BCUT2D eigenvalue weighted by Gasteiger charge is -2.10. The van der Waals surface area contributed by atoms with Crippen LogP contribution in [0.2, 0.25) is 0 Å². The van der Waals surface area contributed by atoms with Crippen LogP contribution in [0.3, 0.4) is 0 Å². The highest BCUT2D eigenvalue weighted by atomic mass is 32.1. The lowest BCUT2D eigenvalue weighted by Crippen LogP contribution is -2.07. The second-order valence-electron chi connectivity index (χ2n) is 4.85. The van der Waals surface area contributed by atoms with Crippen LogP contribution in [0.5, 0.6) is 11.5 Å². The van der Waals surface area contributed by atoms with Crippen LogP contribution in [0.15, 0.2) is 24.4 Å². The Labute approximate surface area is 123 Å². The summed E-state index contributed by atoms with van der Waals surface area (Å²) in [6, 6.07) is 5.86. The summed E-state index contributed by atoms with van der Waals surface area (Å²) in [5, 5.41) is 4.26. The summed E-state index contributed by atoms with van der Waals surface area (Å²) in [6.07, 6.45) is 1.87. The number of benzene rings is 1. The number of anilines is 1. The van der Waals surface area contributed by atoms with Crippen LogP contribution < -0.4 is 14.8 Å². The molecule has 4 nitrogen and oxygen atoms in total. The molecule has 0 aliphatic rings. The normalized spacial score (nSPS) is 10.7. The van der Waals surface area contributed by atoms with Crippen molar-refractivity contribution < 1.29 is 9.47 Å². The van der Waals surface area contributed by atoms with E-state index in [1.807, 2.05) is 24.4 Å². The number of para-hydroxylation sites is 1. The van der Waals surface area contributed by atoms with Gasteiger partial charge < -0.3 is 14.8 Å². The number of methoxy groups -OCH3 is 2. The molecule has 1 heterocycles. The number of aromatic nitrogens is 1. The average molecular weight is 292 g/mol. The maximum Gasteiger partial charge on any atom is 0.183 e. The van der Waals surface area contributed by atoms with Crippen LogP contribution in [-0.2, 0) is 0 Å². The number of hydrogen-bond donors (Lipinski definition) is 1. The first-order valence-corrected chi connectivity index (χ1v) is 7.38. The van der Waals surface area contributed by atoms with E-state index in [0.717, 1.165) is 33.6 Å². The van der Waals surface area contributed by atoms with E-state index in [9.17, 15) is 0 Å². The van der Waals surface area contributed by atoms with Gasteiger partial charge >= 0.3 is 0 Å². The molecule has 0 aliphatic carbocycles. The van der Waals surface area contributed by atoms with Gasteiger partial charge in [0.15, 0.2) is 16.6 Å². The molecule has 2 rings (SSSR count). The van der Waals surface area contributed by atoms with Crippen LogP contribution in [0.25, 0.3) is 10.4 Å². The Bertz CT molecular complexity index is 567. The largest absolute Gasteiger partial charge is 0.493 e. The Hall–Kier alpha value is -1.75. The minimum absolute atomic E-state index is 0.591. The van der Waals surface area contributed by atoms with Crippen molar-refractivity contribution in [1.82, 2.24) is 4.98 Å². The van der Waals surface area contributed by atoms with Gasteiger partial charge in [0.2, 0.25) is 0 Å². The van der Waals surface area contributed by atoms with Gasteiger partial charge in [0.1, 0.15) is 0 Å². The zero-order valence-electron chi connectivity index (χ0n) is 12.3. The minimum atomic E-state index is 0.591. The van der Waals surface area contributed by atoms with Gasteiger partial charge in [-0.05, 0) is 18.1 Å². The van der Waals surface area contributed by atoms with E-state index >= 15 is 0 Å². The molecule has 0 fully saturated rings. The van der Waals surface area contributed by atoms with E-state index < -0.39 is 0 Å². The third-order valence-electron chi connectivity index (χ3n) is 2.84. The second kappa shape index (κ2) is 6.61. The number of nitrogens with one attached hydrogen (secondary N) is 1. The summed E-state index contributed by atoms with van der Waals surface area (Å²) in [5.74, 6) is 2.07. The van der Waals surface area contributed by atoms with Gasteiger partial charge in [0.05, 0.1) is 19.1 Å². The molecule has 0 amide bonds. The Morgan fingerprint density at radius 2 is 2.05 bits per heavy atom. The molecule has 0 bridgehead atoms. The van der Waals surface area contributed by atoms with E-state index in [1.165, 1.54) is 0 Å². The summed E-state index contributed by atoms with van der Waals surface area (Å²) in [5.41, 5.74) is 1.00. The maximum absolute atomic E-state index is 5.46. The number of nitrogens with zero attached hydrogens (tertiary/aromatic N) is 1. The van der Waals surface area contributed by atoms with Crippen molar-refractivity contribution in [2.45, 2.75) is 13.8 Å². The summed E-state index contributed by atoms with van der Waals surface area (Å²) in [6.45, 7) is 5.27. The van der Waals surface area contributed by atoms with Gasteiger partial charge in [-0.15, -0.1) is 0 Å². The van der Waals surface area contributed by atoms with Crippen molar-refractivity contribution in [2.24, 2.45) is 5.92 Å². The van der Waals surface area contributed by atoms with E-state index in [0.29, 0.717) is 5.92 Å². The Kier molecular flexibility index (Phi) is 4.84. The maximum atomic E-state index is 5.46. The molecule has 5 heteroatoms. The molecule has 0 radical (unpaired) electrons. The van der Waals surface area contributed by atoms with Crippen LogP contribution in [0.4, 0.5) is 5.13 Å². The van der Waals surface area contributed by atoms with Crippen LogP contribution in [-0.4, -0.2) is 25.7 Å². The topological polar surface area (TPSA) is 43.4 Å². The summed E-state index contributed by atoms with van der Waals surface area (Å²) in [7, 11) is 3.30. The number of thiazole rings is 1. The van der Waals surface area contributed by atoms with E-state index in [-0.39, 0.29) is 0 Å². The molecule has 0 unspecified atom stereocenters. The molecule has 20 heavy (non-hydrogen) atoms. The molecule has 0 saturated heterocycles. The van der Waals surface area contributed by atoms with Crippen molar-refractivity contribution in [3.05, 3.63) is 24.4 Å². The first-order chi connectivity index (χ1) is 9.65. The lowest BCUT2D eigenvalue weighted by atomic mass is 10.1. The molecule has 0 atom stereocenters. The highest BCUT2D eigenvalue weighted by Crippen LogP contribution is 2.40. The summed E-state index contributed by atoms with van der Waals surface area (Å²) in [4.78, 5) is 5.47. The minimum Gasteiger partial charge on any atom is -0.493 e. The lowest BCUT2D eigenvalue weighted by molar-refractivity contribution is 0.356. The monoisotopic (exact) mass is 292 g/mol. The molecule has 0 saturated carbocycles. The first-order valence-electron chi connectivity index (χ1n) is 6.56. The Morgan fingerprint density at radius 3 is 2.70 bits per heavy atom. The van der Waals surface area contributed by atoms with E-state index in [2.05, 4.69) is 24.1 Å². The predicted octanol–water partition coefficient (Wildman–Crippen LogP) is 3.90. The van der Waals surface area contributed by atoms with E-state index in [4.69, 9.17) is 9.47 Å². The number of rotatable bonds is 6. The molecule has 108 valence electrons. The quantitative estimate of drug-likeness (QED) is 0.877. The molecular weight excluding hydrogens is 272 g/mol. The Balaban J connectivity index is 2.28. The van der Waals surface area contributed by atoms with Crippen molar-refractivity contribution in [3.63, 3.8) is 0 Å². The van der Waals surface area contributed by atoms with Gasteiger partial charge in [0, 0.05) is 18.3 Å². The zero-order valence-corrected chi connectivity index (χ0v) is 13.1. The molecule has 0 aliphatic heterocycles. The van der Waals surface area contributed by atoms with Gasteiger partial charge in [-0.2, -0.15) is 0 Å². The average Bonchev–Trinajstić information content (AvgIpc) is 2.92. The van der Waals surface area contributed by atoms with Crippen LogP contribution in [0, 0.1) is 5.92 Å². The van der Waals surface area contributed by atoms with Gasteiger partial charge in [-0.25, -0.2) is 4.98 Å². The fourth-order valence-corrected chi connectivity index (χ4v) is 2.70. The first kappa shape index (κ1) is 14.7. The van der Waals surface area contributed by atoms with Crippen molar-refractivity contribution in [3.8, 4) is 21.9 Å². The standard InChI is InChI=1S/C15H20N2O2S/c1-10(2)8-16-15-17-9-13(20-15)11-6-5-7-12(18-3)14(11)19-4/h5-7,9-10H,8H2,1-4H3,(H,16,17).